The molecule has 1 aromatic carbocycles. The molecule has 1 aliphatic rings. The van der Waals surface area contributed by atoms with Crippen molar-refractivity contribution < 1.29 is 17.9 Å². The SMILES string of the molecule is CC(Oc1ccccc1Cl)C(=O)N1CCC(NS(=O)(=O)c2cccs2)CC1. The van der Waals surface area contributed by atoms with E-state index in [-0.39, 0.29) is 11.9 Å². The summed E-state index contributed by atoms with van der Waals surface area (Å²) in [5.41, 5.74) is 0. The maximum absolute atomic E-state index is 12.6. The van der Waals surface area contributed by atoms with Crippen LogP contribution < -0.4 is 9.46 Å². The van der Waals surface area contributed by atoms with Crippen molar-refractivity contribution in [1.82, 2.24) is 9.62 Å². The number of para-hydroxylation sites is 1. The van der Waals surface area contributed by atoms with Gasteiger partial charge in [-0.05, 0) is 43.3 Å². The summed E-state index contributed by atoms with van der Waals surface area (Å²) in [7, 11) is -3.49. The third-order valence-electron chi connectivity index (χ3n) is 4.38. The van der Waals surface area contributed by atoms with Crippen LogP contribution in [0.3, 0.4) is 0 Å². The topological polar surface area (TPSA) is 75.7 Å². The monoisotopic (exact) mass is 428 g/mol. The van der Waals surface area contributed by atoms with E-state index in [1.807, 2.05) is 0 Å². The second-order valence-corrected chi connectivity index (χ2v) is 9.64. The molecule has 0 spiro atoms. The zero-order valence-corrected chi connectivity index (χ0v) is 17.2. The van der Waals surface area contributed by atoms with Crippen LogP contribution in [0.25, 0.3) is 0 Å². The van der Waals surface area contributed by atoms with Crippen molar-refractivity contribution in [2.24, 2.45) is 0 Å². The first-order chi connectivity index (χ1) is 12.9. The molecule has 9 heteroatoms. The Labute approximate surface area is 168 Å². The van der Waals surface area contributed by atoms with E-state index >= 15 is 0 Å². The molecule has 2 heterocycles. The minimum absolute atomic E-state index is 0.130. The smallest absolute Gasteiger partial charge is 0.263 e. The second-order valence-electron chi connectivity index (χ2n) is 6.34. The molecule has 1 atom stereocenters. The zero-order valence-electron chi connectivity index (χ0n) is 14.8. The highest BCUT2D eigenvalue weighted by Crippen LogP contribution is 2.25. The van der Waals surface area contributed by atoms with E-state index in [2.05, 4.69) is 4.72 Å². The summed E-state index contributed by atoms with van der Waals surface area (Å²) in [5, 5.41) is 2.19. The third-order valence-corrected chi connectivity index (χ3v) is 7.61. The number of piperidine rings is 1. The van der Waals surface area contributed by atoms with Gasteiger partial charge in [-0.15, -0.1) is 11.3 Å². The number of likely N-dealkylation sites (tertiary alicyclic amines) is 1. The molecule has 1 N–H and O–H groups in total. The van der Waals surface area contributed by atoms with Gasteiger partial charge < -0.3 is 9.64 Å². The lowest BCUT2D eigenvalue weighted by Gasteiger charge is -2.33. The van der Waals surface area contributed by atoms with Crippen molar-refractivity contribution in [2.75, 3.05) is 13.1 Å². The number of amides is 1. The summed E-state index contributed by atoms with van der Waals surface area (Å²) >= 11 is 7.25. The van der Waals surface area contributed by atoms with Crippen molar-refractivity contribution in [3.05, 3.63) is 46.8 Å². The largest absolute Gasteiger partial charge is 0.479 e. The molecule has 27 heavy (non-hydrogen) atoms. The Morgan fingerprint density at radius 2 is 1.96 bits per heavy atom. The van der Waals surface area contributed by atoms with Crippen molar-refractivity contribution in [3.63, 3.8) is 0 Å². The average Bonchev–Trinajstić information content (AvgIpc) is 3.19. The molecule has 2 aromatic rings. The van der Waals surface area contributed by atoms with Gasteiger partial charge in [0.05, 0.1) is 5.02 Å². The van der Waals surface area contributed by atoms with Gasteiger partial charge >= 0.3 is 0 Å². The summed E-state index contributed by atoms with van der Waals surface area (Å²) in [5.74, 6) is 0.341. The maximum atomic E-state index is 12.6. The van der Waals surface area contributed by atoms with Crippen LogP contribution >= 0.6 is 22.9 Å². The number of carbonyl (C=O) groups is 1. The molecule has 0 saturated carbocycles. The van der Waals surface area contributed by atoms with Crippen LogP contribution in [0.5, 0.6) is 5.75 Å². The maximum Gasteiger partial charge on any atom is 0.263 e. The van der Waals surface area contributed by atoms with Crippen LogP contribution in [0.1, 0.15) is 19.8 Å². The number of benzene rings is 1. The van der Waals surface area contributed by atoms with Crippen LogP contribution in [0.4, 0.5) is 0 Å². The van der Waals surface area contributed by atoms with Gasteiger partial charge in [-0.1, -0.05) is 29.8 Å². The molecular formula is C18H21ClN2O4S2. The van der Waals surface area contributed by atoms with Gasteiger partial charge in [0.25, 0.3) is 5.91 Å². The van der Waals surface area contributed by atoms with Crippen LogP contribution in [-0.2, 0) is 14.8 Å². The number of ether oxygens (including phenoxy) is 1. The van der Waals surface area contributed by atoms with Gasteiger partial charge in [0, 0.05) is 19.1 Å². The van der Waals surface area contributed by atoms with E-state index in [0.717, 1.165) is 0 Å². The number of nitrogens with one attached hydrogen (secondary N) is 1. The fraction of sp³-hybridized carbons (Fsp3) is 0.389. The Morgan fingerprint density at radius 1 is 1.26 bits per heavy atom. The summed E-state index contributed by atoms with van der Waals surface area (Å²) in [4.78, 5) is 14.3. The molecule has 6 nitrogen and oxygen atoms in total. The first-order valence-electron chi connectivity index (χ1n) is 8.62. The molecule has 0 bridgehead atoms. The fourth-order valence-corrected chi connectivity index (χ4v) is 5.44. The van der Waals surface area contributed by atoms with Crippen LogP contribution in [0.2, 0.25) is 5.02 Å². The van der Waals surface area contributed by atoms with E-state index in [1.165, 1.54) is 11.3 Å². The normalized spacial score (nSPS) is 16.9. The predicted molar refractivity (Wildman–Crippen MR) is 106 cm³/mol. The lowest BCUT2D eigenvalue weighted by Crippen LogP contribution is -2.49. The number of nitrogens with zero attached hydrogens (tertiary/aromatic N) is 1. The quantitative estimate of drug-likeness (QED) is 0.766. The molecule has 1 unspecified atom stereocenters. The van der Waals surface area contributed by atoms with E-state index in [9.17, 15) is 13.2 Å². The number of rotatable bonds is 6. The minimum Gasteiger partial charge on any atom is -0.479 e. The molecule has 0 aliphatic carbocycles. The molecular weight excluding hydrogens is 408 g/mol. The van der Waals surface area contributed by atoms with Gasteiger partial charge in [0.1, 0.15) is 9.96 Å². The van der Waals surface area contributed by atoms with E-state index in [1.54, 1.807) is 53.6 Å². The number of hydrogen-bond donors (Lipinski definition) is 1. The molecule has 1 amide bonds. The number of hydrogen-bond acceptors (Lipinski definition) is 5. The molecule has 0 radical (unpaired) electrons. The first-order valence-corrected chi connectivity index (χ1v) is 11.4. The van der Waals surface area contributed by atoms with Crippen molar-refractivity contribution in [1.29, 1.82) is 0 Å². The molecule has 3 rings (SSSR count). The van der Waals surface area contributed by atoms with Crippen LogP contribution in [0, 0.1) is 0 Å². The number of thiophene rings is 1. The second kappa shape index (κ2) is 8.60. The van der Waals surface area contributed by atoms with Crippen molar-refractivity contribution in [2.45, 2.75) is 36.1 Å². The zero-order chi connectivity index (χ0) is 19.4. The summed E-state index contributed by atoms with van der Waals surface area (Å²) in [6, 6.07) is 10.1. The van der Waals surface area contributed by atoms with E-state index < -0.39 is 16.1 Å². The van der Waals surface area contributed by atoms with Gasteiger partial charge in [0.15, 0.2) is 6.10 Å². The molecule has 1 fully saturated rings. The highest BCUT2D eigenvalue weighted by molar-refractivity contribution is 7.91. The average molecular weight is 429 g/mol. The Kier molecular flexibility index (Phi) is 6.41. The fourth-order valence-electron chi connectivity index (χ4n) is 2.95. The Morgan fingerprint density at radius 3 is 2.59 bits per heavy atom. The number of sulfonamides is 1. The molecule has 1 saturated heterocycles. The number of carbonyl (C=O) groups excluding carboxylic acids is 1. The first kappa shape index (κ1) is 20.1. The summed E-state index contributed by atoms with van der Waals surface area (Å²) in [6.07, 6.45) is 0.467. The highest BCUT2D eigenvalue weighted by Gasteiger charge is 2.29. The summed E-state index contributed by atoms with van der Waals surface area (Å²) < 4.78 is 33.3. The van der Waals surface area contributed by atoms with Crippen LogP contribution in [-0.4, -0.2) is 44.5 Å². The van der Waals surface area contributed by atoms with Gasteiger partial charge in [-0.2, -0.15) is 0 Å². The third kappa shape index (κ3) is 5.01. The molecule has 1 aromatic heterocycles. The van der Waals surface area contributed by atoms with Crippen molar-refractivity contribution >= 4 is 38.9 Å². The Balaban J connectivity index is 1.52. The highest BCUT2D eigenvalue weighted by atomic mass is 35.5. The van der Waals surface area contributed by atoms with Crippen molar-refractivity contribution in [3.8, 4) is 5.75 Å². The lowest BCUT2D eigenvalue weighted by molar-refractivity contribution is -0.139. The standard InChI is InChI=1S/C18H21ClN2O4S2/c1-13(25-16-6-3-2-5-15(16)19)18(22)21-10-8-14(9-11-21)20-27(23,24)17-7-4-12-26-17/h2-7,12-14,20H,8-11H2,1H3. The molecule has 1 aliphatic heterocycles. The van der Waals surface area contributed by atoms with E-state index in [4.69, 9.17) is 16.3 Å². The van der Waals surface area contributed by atoms with Gasteiger partial charge in [-0.25, -0.2) is 13.1 Å². The molecule has 146 valence electrons. The Hall–Kier alpha value is -1.61. The number of halogens is 1. The van der Waals surface area contributed by atoms with Gasteiger partial charge in [0.2, 0.25) is 10.0 Å². The Bertz CT molecular complexity index is 879. The lowest BCUT2D eigenvalue weighted by atomic mass is 10.1. The summed E-state index contributed by atoms with van der Waals surface area (Å²) in [6.45, 7) is 2.65. The predicted octanol–water partition coefficient (Wildman–Crippen LogP) is 3.14. The van der Waals surface area contributed by atoms with E-state index in [0.29, 0.717) is 40.9 Å². The minimum atomic E-state index is -3.49. The van der Waals surface area contributed by atoms with Gasteiger partial charge in [-0.3, -0.25) is 4.79 Å². The van der Waals surface area contributed by atoms with Crippen LogP contribution in [0.15, 0.2) is 46.0 Å².